The van der Waals surface area contributed by atoms with Crippen LogP contribution < -0.4 is 5.32 Å². The highest BCUT2D eigenvalue weighted by Crippen LogP contribution is 2.22. The van der Waals surface area contributed by atoms with Crippen LogP contribution in [0.25, 0.3) is 0 Å². The van der Waals surface area contributed by atoms with Crippen molar-refractivity contribution in [1.82, 2.24) is 18.6 Å². The van der Waals surface area contributed by atoms with Crippen molar-refractivity contribution in [3.8, 4) is 0 Å². The highest BCUT2D eigenvalue weighted by atomic mass is 32.2. The summed E-state index contributed by atoms with van der Waals surface area (Å²) in [4.78, 5) is 8.13. The molecule has 1 N–H and O–H groups in total. The van der Waals surface area contributed by atoms with E-state index < -0.39 is 10.2 Å². The van der Waals surface area contributed by atoms with E-state index in [0.717, 1.165) is 12.8 Å². The molecule has 19 heavy (non-hydrogen) atoms. The van der Waals surface area contributed by atoms with Crippen molar-refractivity contribution in [3.05, 3.63) is 18.5 Å². The Labute approximate surface area is 112 Å². The molecule has 2 aliphatic rings. The monoisotopic (exact) mass is 283 g/mol. The second-order valence-electron chi connectivity index (χ2n) is 4.84. The molecule has 104 valence electrons. The average Bonchev–Trinajstić information content (AvgIpc) is 2.89. The van der Waals surface area contributed by atoms with Crippen molar-refractivity contribution in [2.24, 2.45) is 0 Å². The molecule has 2 aliphatic heterocycles. The molecule has 8 heteroatoms. The van der Waals surface area contributed by atoms with Gasteiger partial charge in [-0.3, -0.25) is 0 Å². The molecule has 7 nitrogen and oxygen atoms in total. The Balaban J connectivity index is 1.55. The van der Waals surface area contributed by atoms with Crippen LogP contribution in [0.2, 0.25) is 0 Å². The molecule has 0 atom stereocenters. The molecule has 1 aromatic heterocycles. The topological polar surface area (TPSA) is 78.4 Å². The molecule has 3 rings (SSSR count). The first-order chi connectivity index (χ1) is 9.16. The molecule has 0 spiro atoms. The van der Waals surface area contributed by atoms with Crippen LogP contribution in [0.4, 0.5) is 5.95 Å². The van der Waals surface area contributed by atoms with Gasteiger partial charge in [-0.2, -0.15) is 17.0 Å². The largest absolute Gasteiger partial charge is 0.349 e. The molecule has 0 amide bonds. The van der Waals surface area contributed by atoms with Gasteiger partial charge in [0, 0.05) is 38.6 Å². The van der Waals surface area contributed by atoms with E-state index in [1.807, 2.05) is 0 Å². The van der Waals surface area contributed by atoms with Crippen molar-refractivity contribution in [3.63, 3.8) is 0 Å². The summed E-state index contributed by atoms with van der Waals surface area (Å²) in [6, 6.07) is 1.84. The van der Waals surface area contributed by atoms with Gasteiger partial charge in [0.15, 0.2) is 0 Å². The second kappa shape index (κ2) is 5.03. The van der Waals surface area contributed by atoms with Crippen LogP contribution in [-0.4, -0.2) is 59.2 Å². The fourth-order valence-corrected chi connectivity index (χ4v) is 4.14. The van der Waals surface area contributed by atoms with E-state index in [1.165, 1.54) is 4.31 Å². The lowest BCUT2D eigenvalue weighted by molar-refractivity contribution is 0.258. The van der Waals surface area contributed by atoms with Crippen molar-refractivity contribution in [2.75, 3.05) is 31.5 Å². The van der Waals surface area contributed by atoms with Gasteiger partial charge in [-0.05, 0) is 18.9 Å². The van der Waals surface area contributed by atoms with E-state index in [4.69, 9.17) is 0 Å². The van der Waals surface area contributed by atoms with Crippen molar-refractivity contribution in [1.29, 1.82) is 0 Å². The van der Waals surface area contributed by atoms with E-state index >= 15 is 0 Å². The van der Waals surface area contributed by atoms with Crippen LogP contribution in [0, 0.1) is 0 Å². The normalized spacial score (nSPS) is 22.3. The molecule has 0 unspecified atom stereocenters. The molecular weight excluding hydrogens is 266 g/mol. The predicted octanol–water partition coefficient (Wildman–Crippen LogP) is -0.0867. The van der Waals surface area contributed by atoms with Gasteiger partial charge in [0.05, 0.1) is 6.04 Å². The zero-order chi connectivity index (χ0) is 13.3. The molecule has 0 aromatic carbocycles. The third-order valence-electron chi connectivity index (χ3n) is 3.46. The Bertz CT molecular complexity index is 523. The van der Waals surface area contributed by atoms with E-state index in [-0.39, 0.29) is 6.04 Å². The molecule has 0 aliphatic carbocycles. The molecule has 0 bridgehead atoms. The molecule has 2 saturated heterocycles. The Kier molecular flexibility index (Phi) is 3.38. The van der Waals surface area contributed by atoms with Crippen molar-refractivity contribution >= 4 is 16.2 Å². The summed E-state index contributed by atoms with van der Waals surface area (Å²) in [5.41, 5.74) is 0. The predicted molar refractivity (Wildman–Crippen MR) is 70.7 cm³/mol. The number of hydrogen-bond acceptors (Lipinski definition) is 5. The number of nitrogens with zero attached hydrogens (tertiary/aromatic N) is 4. The van der Waals surface area contributed by atoms with Crippen molar-refractivity contribution < 1.29 is 8.42 Å². The van der Waals surface area contributed by atoms with Gasteiger partial charge in [-0.15, -0.1) is 0 Å². The summed E-state index contributed by atoms with van der Waals surface area (Å²) in [5, 5.41) is 3.12. The molecular formula is C11H17N5O2S. The van der Waals surface area contributed by atoms with Crippen LogP contribution in [0.5, 0.6) is 0 Å². The van der Waals surface area contributed by atoms with Crippen molar-refractivity contribution in [2.45, 2.75) is 18.9 Å². The number of anilines is 1. The second-order valence-corrected chi connectivity index (χ2v) is 6.77. The van der Waals surface area contributed by atoms with E-state index in [1.54, 1.807) is 22.8 Å². The lowest BCUT2D eigenvalue weighted by Gasteiger charge is -2.40. The Morgan fingerprint density at radius 2 is 1.74 bits per heavy atom. The van der Waals surface area contributed by atoms with E-state index in [9.17, 15) is 8.42 Å². The minimum atomic E-state index is -3.24. The Hall–Kier alpha value is -1.25. The third kappa shape index (κ3) is 2.56. The lowest BCUT2D eigenvalue weighted by atomic mass is 10.2. The molecule has 0 radical (unpaired) electrons. The minimum Gasteiger partial charge on any atom is -0.349 e. The number of aromatic nitrogens is 2. The summed E-state index contributed by atoms with van der Waals surface area (Å²) >= 11 is 0. The first-order valence-corrected chi connectivity index (χ1v) is 7.85. The van der Waals surface area contributed by atoms with Crippen LogP contribution in [-0.2, 0) is 10.2 Å². The number of hydrogen-bond donors (Lipinski definition) is 1. The third-order valence-corrected chi connectivity index (χ3v) is 5.43. The molecule has 0 saturated carbocycles. The summed E-state index contributed by atoms with van der Waals surface area (Å²) in [5.74, 6) is 0.547. The summed E-state index contributed by atoms with van der Waals surface area (Å²) in [6.07, 6.45) is 5.25. The molecule has 1 aromatic rings. The lowest BCUT2D eigenvalue weighted by Crippen LogP contribution is -2.60. The quantitative estimate of drug-likeness (QED) is 0.836. The summed E-state index contributed by atoms with van der Waals surface area (Å²) in [7, 11) is -3.24. The zero-order valence-corrected chi connectivity index (χ0v) is 11.4. The maximum atomic E-state index is 12.2. The Morgan fingerprint density at radius 3 is 2.37 bits per heavy atom. The zero-order valence-electron chi connectivity index (χ0n) is 10.6. The maximum Gasteiger partial charge on any atom is 0.282 e. The number of rotatable bonds is 4. The van der Waals surface area contributed by atoms with Gasteiger partial charge in [0.2, 0.25) is 5.95 Å². The molecule has 2 fully saturated rings. The highest BCUT2D eigenvalue weighted by Gasteiger charge is 2.40. The maximum absolute atomic E-state index is 12.2. The van der Waals surface area contributed by atoms with Gasteiger partial charge < -0.3 is 5.32 Å². The fraction of sp³-hybridized carbons (Fsp3) is 0.636. The van der Waals surface area contributed by atoms with Gasteiger partial charge in [0.25, 0.3) is 10.2 Å². The van der Waals surface area contributed by atoms with Gasteiger partial charge in [0.1, 0.15) is 0 Å². The average molecular weight is 283 g/mol. The number of nitrogens with one attached hydrogen (secondary N) is 1. The Morgan fingerprint density at radius 1 is 1.11 bits per heavy atom. The first kappa shape index (κ1) is 12.8. The SMILES string of the molecule is O=S(=O)(N1CCCC1)N1CC(Nc2ncccn2)C1. The van der Waals surface area contributed by atoms with Gasteiger partial charge >= 0.3 is 0 Å². The molecule has 3 heterocycles. The van der Waals surface area contributed by atoms with Crippen LogP contribution >= 0.6 is 0 Å². The summed E-state index contributed by atoms with van der Waals surface area (Å²) < 4.78 is 27.5. The highest BCUT2D eigenvalue weighted by molar-refractivity contribution is 7.86. The minimum absolute atomic E-state index is 0.0970. The first-order valence-electron chi connectivity index (χ1n) is 6.45. The van der Waals surface area contributed by atoms with Crippen LogP contribution in [0.3, 0.4) is 0 Å². The fourth-order valence-electron chi connectivity index (χ4n) is 2.36. The standard InChI is InChI=1S/C11H17N5O2S/c17-19(18,15-6-1-2-7-15)16-8-10(9-16)14-11-12-4-3-5-13-11/h3-5,10H,1-2,6-9H2,(H,12,13,14). The summed E-state index contributed by atoms with van der Waals surface area (Å²) in [6.45, 7) is 2.27. The van der Waals surface area contributed by atoms with Crippen LogP contribution in [0.15, 0.2) is 18.5 Å². The van der Waals surface area contributed by atoms with Gasteiger partial charge in [-0.25, -0.2) is 9.97 Å². The van der Waals surface area contributed by atoms with Gasteiger partial charge in [-0.1, -0.05) is 0 Å². The smallest absolute Gasteiger partial charge is 0.282 e. The van der Waals surface area contributed by atoms with E-state index in [2.05, 4.69) is 15.3 Å². The van der Waals surface area contributed by atoms with E-state index in [0.29, 0.717) is 32.1 Å². The van der Waals surface area contributed by atoms with Crippen LogP contribution in [0.1, 0.15) is 12.8 Å².